The van der Waals surface area contributed by atoms with Crippen LogP contribution in [0.4, 0.5) is 4.39 Å². The first kappa shape index (κ1) is 17.6. The van der Waals surface area contributed by atoms with Gasteiger partial charge in [-0.15, -0.1) is 11.8 Å². The highest BCUT2D eigenvalue weighted by molar-refractivity contribution is 7.98. The number of aromatic amines is 1. The molecule has 9 heteroatoms. The molecule has 2 heterocycles. The van der Waals surface area contributed by atoms with Crippen molar-refractivity contribution in [1.29, 1.82) is 0 Å². The standard InChI is InChI=1S/C18H12ClFN4O2S/c19-13-5-14-15(6-16(13)27-9-10-1-3-12(20)4-2-10)23-18(22-14)24-8-11(7-21-24)17(25)26/h1-8H,9H2,(H,22,23)(H,25,26). The number of carboxylic acid groups (broad SMARTS) is 1. The van der Waals surface area contributed by atoms with Crippen LogP contribution in [-0.4, -0.2) is 30.8 Å². The summed E-state index contributed by atoms with van der Waals surface area (Å²) in [4.78, 5) is 19.4. The van der Waals surface area contributed by atoms with Gasteiger partial charge in [-0.2, -0.15) is 5.10 Å². The lowest BCUT2D eigenvalue weighted by Gasteiger charge is -2.04. The smallest absolute Gasteiger partial charge is 0.338 e. The Balaban J connectivity index is 1.60. The highest BCUT2D eigenvalue weighted by Gasteiger charge is 2.12. The summed E-state index contributed by atoms with van der Waals surface area (Å²) < 4.78 is 14.4. The molecule has 0 radical (unpaired) electrons. The van der Waals surface area contributed by atoms with E-state index in [9.17, 15) is 9.18 Å². The first-order valence-electron chi connectivity index (χ1n) is 7.84. The Morgan fingerprint density at radius 3 is 2.78 bits per heavy atom. The topological polar surface area (TPSA) is 83.8 Å². The zero-order valence-electron chi connectivity index (χ0n) is 13.7. The fourth-order valence-electron chi connectivity index (χ4n) is 2.51. The maximum Gasteiger partial charge on any atom is 0.338 e. The number of carbonyl (C=O) groups is 1. The summed E-state index contributed by atoms with van der Waals surface area (Å²) in [5.74, 6) is -0.282. The number of hydrogen-bond donors (Lipinski definition) is 2. The molecule has 0 spiro atoms. The summed E-state index contributed by atoms with van der Waals surface area (Å²) in [5, 5.41) is 13.6. The Morgan fingerprint density at radius 1 is 1.30 bits per heavy atom. The first-order chi connectivity index (χ1) is 13.0. The van der Waals surface area contributed by atoms with Crippen molar-refractivity contribution in [2.24, 2.45) is 0 Å². The van der Waals surface area contributed by atoms with Crippen molar-refractivity contribution in [3.8, 4) is 5.95 Å². The zero-order valence-corrected chi connectivity index (χ0v) is 15.3. The molecule has 0 atom stereocenters. The second kappa shape index (κ2) is 7.05. The molecule has 6 nitrogen and oxygen atoms in total. The summed E-state index contributed by atoms with van der Waals surface area (Å²) >= 11 is 7.89. The van der Waals surface area contributed by atoms with Gasteiger partial charge in [-0.25, -0.2) is 18.9 Å². The first-order valence-corrected chi connectivity index (χ1v) is 9.21. The summed E-state index contributed by atoms with van der Waals surface area (Å²) in [6.07, 6.45) is 2.64. The third-order valence-electron chi connectivity index (χ3n) is 3.88. The minimum atomic E-state index is -1.06. The Bertz CT molecular complexity index is 1140. The lowest BCUT2D eigenvalue weighted by atomic mass is 10.2. The second-order valence-electron chi connectivity index (χ2n) is 5.75. The number of nitrogens with zero attached hydrogens (tertiary/aromatic N) is 3. The summed E-state index contributed by atoms with van der Waals surface area (Å²) in [6, 6.07) is 9.94. The predicted octanol–water partition coefficient (Wildman–Crippen LogP) is 4.53. The Morgan fingerprint density at radius 2 is 2.07 bits per heavy atom. The number of thioether (sulfide) groups is 1. The van der Waals surface area contributed by atoms with Gasteiger partial charge < -0.3 is 10.1 Å². The maximum atomic E-state index is 13.0. The number of hydrogen-bond acceptors (Lipinski definition) is 4. The summed E-state index contributed by atoms with van der Waals surface area (Å²) in [6.45, 7) is 0. The van der Waals surface area contributed by atoms with E-state index in [-0.39, 0.29) is 11.4 Å². The van der Waals surface area contributed by atoms with Crippen molar-refractivity contribution >= 4 is 40.4 Å². The van der Waals surface area contributed by atoms with Crippen LogP contribution >= 0.6 is 23.4 Å². The average molecular weight is 403 g/mol. The van der Waals surface area contributed by atoms with E-state index < -0.39 is 5.97 Å². The number of benzene rings is 2. The van der Waals surface area contributed by atoms with E-state index in [1.54, 1.807) is 18.2 Å². The van der Waals surface area contributed by atoms with Gasteiger partial charge in [-0.3, -0.25) is 0 Å². The molecule has 0 amide bonds. The molecular weight excluding hydrogens is 391 g/mol. The van der Waals surface area contributed by atoms with Crippen LogP contribution in [0.15, 0.2) is 53.7 Å². The van der Waals surface area contributed by atoms with E-state index in [0.29, 0.717) is 27.8 Å². The van der Waals surface area contributed by atoms with Crippen molar-refractivity contribution < 1.29 is 14.3 Å². The van der Waals surface area contributed by atoms with Crippen LogP contribution in [0.25, 0.3) is 17.0 Å². The van der Waals surface area contributed by atoms with Crippen LogP contribution in [0.3, 0.4) is 0 Å². The molecule has 4 aromatic rings. The molecule has 0 aliphatic rings. The van der Waals surface area contributed by atoms with Crippen molar-refractivity contribution in [2.75, 3.05) is 0 Å². The summed E-state index contributed by atoms with van der Waals surface area (Å²) in [7, 11) is 0. The Hall–Kier alpha value is -2.84. The molecule has 4 rings (SSSR count). The van der Waals surface area contributed by atoms with Gasteiger partial charge in [0, 0.05) is 16.8 Å². The number of rotatable bonds is 5. The van der Waals surface area contributed by atoms with Gasteiger partial charge in [0.2, 0.25) is 5.95 Å². The SMILES string of the molecule is O=C(O)c1cnn(-c2nc3cc(SCc4ccc(F)cc4)c(Cl)cc3[nH]2)c1. The minimum absolute atomic E-state index is 0.0732. The zero-order chi connectivity index (χ0) is 19.0. The van der Waals surface area contributed by atoms with Crippen LogP contribution in [-0.2, 0) is 5.75 Å². The molecule has 0 aliphatic heterocycles. The van der Waals surface area contributed by atoms with Crippen molar-refractivity contribution in [1.82, 2.24) is 19.7 Å². The van der Waals surface area contributed by atoms with E-state index in [1.807, 2.05) is 6.07 Å². The average Bonchev–Trinajstić information content (AvgIpc) is 3.27. The minimum Gasteiger partial charge on any atom is -0.478 e. The molecule has 0 saturated carbocycles. The summed E-state index contributed by atoms with van der Waals surface area (Å²) in [5.41, 5.74) is 2.46. The van der Waals surface area contributed by atoms with Gasteiger partial charge >= 0.3 is 5.97 Å². The number of carboxylic acids is 1. The molecule has 0 unspecified atom stereocenters. The highest BCUT2D eigenvalue weighted by atomic mass is 35.5. The van der Waals surface area contributed by atoms with E-state index >= 15 is 0 Å². The van der Waals surface area contributed by atoms with Crippen LogP contribution in [0.5, 0.6) is 0 Å². The monoisotopic (exact) mass is 402 g/mol. The third kappa shape index (κ3) is 3.67. The van der Waals surface area contributed by atoms with Crippen LogP contribution in [0.2, 0.25) is 5.02 Å². The Kier molecular flexibility index (Phi) is 4.59. The van der Waals surface area contributed by atoms with E-state index in [0.717, 1.165) is 10.5 Å². The van der Waals surface area contributed by atoms with Gasteiger partial charge in [0.1, 0.15) is 5.82 Å². The van der Waals surface area contributed by atoms with Gasteiger partial charge in [0.05, 0.1) is 27.8 Å². The lowest BCUT2D eigenvalue weighted by Crippen LogP contribution is -1.97. The number of halogens is 2. The van der Waals surface area contributed by atoms with Gasteiger partial charge in [0.15, 0.2) is 0 Å². The largest absolute Gasteiger partial charge is 0.478 e. The predicted molar refractivity (Wildman–Crippen MR) is 101 cm³/mol. The van der Waals surface area contributed by atoms with E-state index in [2.05, 4.69) is 15.1 Å². The van der Waals surface area contributed by atoms with Gasteiger partial charge in [0.25, 0.3) is 0 Å². The lowest BCUT2D eigenvalue weighted by molar-refractivity contribution is 0.0697. The molecular formula is C18H12ClFN4O2S. The molecule has 2 aromatic carbocycles. The van der Waals surface area contributed by atoms with E-state index in [1.165, 1.54) is 41.0 Å². The molecule has 0 saturated heterocycles. The highest BCUT2D eigenvalue weighted by Crippen LogP contribution is 2.33. The second-order valence-corrected chi connectivity index (χ2v) is 7.18. The van der Waals surface area contributed by atoms with Crippen molar-refractivity contribution in [2.45, 2.75) is 10.6 Å². The quantitative estimate of drug-likeness (QED) is 0.479. The molecule has 0 aliphatic carbocycles. The van der Waals surface area contributed by atoms with E-state index in [4.69, 9.17) is 16.7 Å². The normalized spacial score (nSPS) is 11.2. The third-order valence-corrected chi connectivity index (χ3v) is 5.43. The van der Waals surface area contributed by atoms with Crippen LogP contribution < -0.4 is 0 Å². The molecule has 136 valence electrons. The van der Waals surface area contributed by atoms with Gasteiger partial charge in [-0.05, 0) is 29.8 Å². The van der Waals surface area contributed by atoms with Crippen LogP contribution in [0.1, 0.15) is 15.9 Å². The molecule has 2 aromatic heterocycles. The molecule has 0 bridgehead atoms. The maximum absolute atomic E-state index is 13.0. The number of H-pyrrole nitrogens is 1. The molecule has 27 heavy (non-hydrogen) atoms. The number of aromatic carboxylic acids is 1. The number of fused-ring (bicyclic) bond motifs is 1. The Labute approximate surface area is 162 Å². The van der Waals surface area contributed by atoms with Crippen molar-refractivity contribution in [3.05, 3.63) is 70.8 Å². The fourth-order valence-corrected chi connectivity index (χ4v) is 3.74. The number of nitrogens with one attached hydrogen (secondary N) is 1. The fraction of sp³-hybridized carbons (Fsp3) is 0.0556. The van der Waals surface area contributed by atoms with Crippen molar-refractivity contribution in [3.63, 3.8) is 0 Å². The van der Waals surface area contributed by atoms with Gasteiger partial charge in [-0.1, -0.05) is 23.7 Å². The molecule has 2 N–H and O–H groups in total. The van der Waals surface area contributed by atoms with Crippen LogP contribution in [0, 0.1) is 5.82 Å². The molecule has 0 fully saturated rings. The number of imidazole rings is 1. The number of aromatic nitrogens is 4.